The predicted octanol–water partition coefficient (Wildman–Crippen LogP) is 2.37. The predicted molar refractivity (Wildman–Crippen MR) is 70.8 cm³/mol. The molecule has 0 aliphatic rings. The molecule has 0 aromatic heterocycles. The zero-order valence-electron chi connectivity index (χ0n) is 10.1. The van der Waals surface area contributed by atoms with Crippen molar-refractivity contribution in [3.63, 3.8) is 0 Å². The van der Waals surface area contributed by atoms with Crippen molar-refractivity contribution in [2.45, 2.75) is 38.5 Å². The first-order valence-corrected chi connectivity index (χ1v) is 7.23. The monoisotopic (exact) mass is 239 g/mol. The second-order valence-electron chi connectivity index (χ2n) is 4.33. The molecule has 0 radical (unpaired) electrons. The molecule has 0 saturated heterocycles. The third-order valence-corrected chi connectivity index (χ3v) is 3.99. The first-order chi connectivity index (χ1) is 7.59. The Morgan fingerprint density at radius 1 is 1.38 bits per heavy atom. The van der Waals surface area contributed by atoms with Gasteiger partial charge in [-0.1, -0.05) is 24.3 Å². The zero-order valence-corrected chi connectivity index (χ0v) is 10.9. The van der Waals surface area contributed by atoms with Crippen molar-refractivity contribution in [2.75, 3.05) is 5.75 Å². The van der Waals surface area contributed by atoms with E-state index in [2.05, 4.69) is 19.1 Å². The number of hydrogen-bond acceptors (Lipinski definition) is 2. The fourth-order valence-electron chi connectivity index (χ4n) is 1.58. The van der Waals surface area contributed by atoms with E-state index in [0.29, 0.717) is 5.75 Å². The summed E-state index contributed by atoms with van der Waals surface area (Å²) in [4.78, 5) is 0. The second-order valence-corrected chi connectivity index (χ2v) is 5.91. The Bertz CT molecular complexity index is 350. The summed E-state index contributed by atoms with van der Waals surface area (Å²) in [5.41, 5.74) is 8.08. The lowest BCUT2D eigenvalue weighted by atomic mass is 10.1. The summed E-state index contributed by atoms with van der Waals surface area (Å²) in [6, 6.07) is 8.35. The van der Waals surface area contributed by atoms with Gasteiger partial charge >= 0.3 is 0 Å². The molecule has 2 N–H and O–H groups in total. The number of aryl methyl sites for hydroxylation is 1. The van der Waals surface area contributed by atoms with Gasteiger partial charge in [0.15, 0.2) is 0 Å². The molecule has 0 saturated carbocycles. The molecular weight excluding hydrogens is 218 g/mol. The van der Waals surface area contributed by atoms with E-state index in [1.807, 2.05) is 19.1 Å². The van der Waals surface area contributed by atoms with Crippen LogP contribution in [0.4, 0.5) is 0 Å². The molecule has 0 heterocycles. The van der Waals surface area contributed by atoms with Crippen LogP contribution in [0.5, 0.6) is 0 Å². The third-order valence-electron chi connectivity index (χ3n) is 2.61. The fourth-order valence-corrected chi connectivity index (χ4v) is 2.89. The molecule has 2 unspecified atom stereocenters. The number of nitrogens with two attached hydrogens (primary N) is 1. The van der Waals surface area contributed by atoms with Crippen LogP contribution in [0.2, 0.25) is 0 Å². The molecule has 3 heteroatoms. The zero-order chi connectivity index (χ0) is 12.0. The minimum Gasteiger partial charge on any atom is -0.328 e. The van der Waals surface area contributed by atoms with Gasteiger partial charge in [-0.15, -0.1) is 0 Å². The Labute approximate surface area is 101 Å². The normalized spacial score (nSPS) is 14.7. The molecule has 0 amide bonds. The Hall–Kier alpha value is -0.670. The number of hydrogen-bond donors (Lipinski definition) is 1. The van der Waals surface area contributed by atoms with Crippen molar-refractivity contribution in [2.24, 2.45) is 5.73 Å². The molecule has 0 spiro atoms. The van der Waals surface area contributed by atoms with Crippen molar-refractivity contribution < 1.29 is 4.21 Å². The average Bonchev–Trinajstić information content (AvgIpc) is 2.21. The van der Waals surface area contributed by atoms with Gasteiger partial charge in [-0.2, -0.15) is 0 Å². The molecular formula is C13H21NOS. The van der Waals surface area contributed by atoms with Gasteiger partial charge in [0.05, 0.1) is 0 Å². The summed E-state index contributed by atoms with van der Waals surface area (Å²) in [5, 5.41) is 0. The smallest absolute Gasteiger partial charge is 0.0488 e. The van der Waals surface area contributed by atoms with Crippen LogP contribution >= 0.6 is 0 Å². The maximum absolute atomic E-state index is 11.8. The van der Waals surface area contributed by atoms with Gasteiger partial charge in [0, 0.05) is 28.3 Å². The summed E-state index contributed by atoms with van der Waals surface area (Å²) in [6.45, 7) is 4.05. The Balaban J connectivity index is 2.37. The van der Waals surface area contributed by atoms with Crippen molar-refractivity contribution in [3.05, 3.63) is 35.4 Å². The third kappa shape index (κ3) is 4.90. The van der Waals surface area contributed by atoms with E-state index in [4.69, 9.17) is 5.73 Å². The van der Waals surface area contributed by atoms with Crippen LogP contribution in [0.25, 0.3) is 0 Å². The van der Waals surface area contributed by atoms with Crippen molar-refractivity contribution >= 4 is 10.8 Å². The highest BCUT2D eigenvalue weighted by atomic mass is 32.2. The van der Waals surface area contributed by atoms with Gasteiger partial charge in [-0.05, 0) is 37.8 Å². The molecule has 0 bridgehead atoms. The topological polar surface area (TPSA) is 43.1 Å². The van der Waals surface area contributed by atoms with E-state index in [1.165, 1.54) is 11.1 Å². The highest BCUT2D eigenvalue weighted by Crippen LogP contribution is 2.10. The van der Waals surface area contributed by atoms with Gasteiger partial charge < -0.3 is 5.73 Å². The minimum absolute atomic E-state index is 0.218. The molecule has 90 valence electrons. The average molecular weight is 239 g/mol. The lowest BCUT2D eigenvalue weighted by molar-refractivity contribution is 0.643. The Morgan fingerprint density at radius 3 is 2.69 bits per heavy atom. The van der Waals surface area contributed by atoms with Crippen LogP contribution in [-0.2, 0) is 16.6 Å². The first kappa shape index (κ1) is 13.4. The number of rotatable bonds is 6. The van der Waals surface area contributed by atoms with Crippen LogP contribution in [0, 0.1) is 6.92 Å². The first-order valence-electron chi connectivity index (χ1n) is 5.74. The molecule has 16 heavy (non-hydrogen) atoms. The van der Waals surface area contributed by atoms with E-state index in [0.717, 1.165) is 18.6 Å². The van der Waals surface area contributed by atoms with Crippen LogP contribution < -0.4 is 5.73 Å². The summed E-state index contributed by atoms with van der Waals surface area (Å²) in [5.74, 6) is 1.43. The molecule has 2 nitrogen and oxygen atoms in total. The quantitative estimate of drug-likeness (QED) is 0.828. The maximum atomic E-state index is 11.8. The van der Waals surface area contributed by atoms with E-state index in [9.17, 15) is 4.21 Å². The van der Waals surface area contributed by atoms with Gasteiger partial charge in [-0.25, -0.2) is 0 Å². The summed E-state index contributed by atoms with van der Waals surface area (Å²) in [7, 11) is -0.753. The lowest BCUT2D eigenvalue weighted by Gasteiger charge is -2.07. The molecule has 1 aromatic rings. The standard InChI is InChI=1S/C13H21NOS/c1-11-6-3-4-8-13(11)10-16(15)9-5-7-12(2)14/h3-4,6,8,12H,5,7,9-10,14H2,1-2H3. The van der Waals surface area contributed by atoms with Crippen molar-refractivity contribution in [1.29, 1.82) is 0 Å². The SMILES string of the molecule is Cc1ccccc1CS(=O)CCCC(C)N. The van der Waals surface area contributed by atoms with E-state index >= 15 is 0 Å². The van der Waals surface area contributed by atoms with Gasteiger partial charge in [0.1, 0.15) is 0 Å². The summed E-state index contributed by atoms with van der Waals surface area (Å²) in [6.07, 6.45) is 1.91. The van der Waals surface area contributed by atoms with Crippen molar-refractivity contribution in [3.8, 4) is 0 Å². The van der Waals surface area contributed by atoms with E-state index in [-0.39, 0.29) is 6.04 Å². The van der Waals surface area contributed by atoms with E-state index < -0.39 is 10.8 Å². The highest BCUT2D eigenvalue weighted by molar-refractivity contribution is 7.84. The van der Waals surface area contributed by atoms with Crippen molar-refractivity contribution in [1.82, 2.24) is 0 Å². The van der Waals surface area contributed by atoms with E-state index in [1.54, 1.807) is 0 Å². The number of benzene rings is 1. The fraction of sp³-hybridized carbons (Fsp3) is 0.538. The van der Waals surface area contributed by atoms with Crippen LogP contribution in [0.3, 0.4) is 0 Å². The van der Waals surface area contributed by atoms with Crippen LogP contribution in [-0.4, -0.2) is 16.0 Å². The lowest BCUT2D eigenvalue weighted by Crippen LogP contribution is -2.15. The molecule has 2 atom stereocenters. The molecule has 1 aromatic carbocycles. The highest BCUT2D eigenvalue weighted by Gasteiger charge is 2.04. The molecule has 0 aliphatic heterocycles. The maximum Gasteiger partial charge on any atom is 0.0488 e. The Kier molecular flexibility index (Phi) is 5.71. The molecule has 1 rings (SSSR count). The van der Waals surface area contributed by atoms with Crippen LogP contribution in [0.15, 0.2) is 24.3 Å². The van der Waals surface area contributed by atoms with Gasteiger partial charge in [0.2, 0.25) is 0 Å². The Morgan fingerprint density at radius 2 is 2.06 bits per heavy atom. The molecule has 0 fully saturated rings. The summed E-state index contributed by atoms with van der Waals surface area (Å²) >= 11 is 0. The minimum atomic E-state index is -0.753. The second kappa shape index (κ2) is 6.81. The van der Waals surface area contributed by atoms with Gasteiger partial charge in [0.25, 0.3) is 0 Å². The largest absolute Gasteiger partial charge is 0.328 e. The van der Waals surface area contributed by atoms with Gasteiger partial charge in [-0.3, -0.25) is 4.21 Å². The summed E-state index contributed by atoms with van der Waals surface area (Å²) < 4.78 is 11.8. The van der Waals surface area contributed by atoms with Crippen LogP contribution in [0.1, 0.15) is 30.9 Å². The molecule has 0 aliphatic carbocycles.